The molecule has 1 saturated heterocycles. The van der Waals surface area contributed by atoms with Crippen molar-refractivity contribution in [3.8, 4) is 0 Å². The maximum absolute atomic E-state index is 11.4. The third-order valence-electron chi connectivity index (χ3n) is 4.44. The molecular weight excluding hydrogens is 236 g/mol. The number of likely N-dealkylation sites (N-methyl/N-ethyl adjacent to an activating group) is 1. The van der Waals surface area contributed by atoms with E-state index in [0.29, 0.717) is 11.5 Å². The second-order valence-electron chi connectivity index (χ2n) is 5.81. The molecule has 0 spiro atoms. The van der Waals surface area contributed by atoms with Crippen molar-refractivity contribution >= 4 is 9.84 Å². The van der Waals surface area contributed by atoms with Crippen LogP contribution in [0.3, 0.4) is 0 Å². The maximum atomic E-state index is 11.4. The van der Waals surface area contributed by atoms with Crippen molar-refractivity contribution in [3.05, 3.63) is 0 Å². The van der Waals surface area contributed by atoms with Gasteiger partial charge < -0.3 is 10.2 Å². The molecule has 1 aliphatic heterocycles. The fourth-order valence-corrected chi connectivity index (χ4v) is 4.81. The van der Waals surface area contributed by atoms with Gasteiger partial charge in [0.15, 0.2) is 9.84 Å². The van der Waals surface area contributed by atoms with Gasteiger partial charge in [0.1, 0.15) is 0 Å². The van der Waals surface area contributed by atoms with Gasteiger partial charge >= 0.3 is 0 Å². The Balaban J connectivity index is 1.89. The van der Waals surface area contributed by atoms with Gasteiger partial charge in [0.25, 0.3) is 0 Å². The predicted molar refractivity (Wildman–Crippen MR) is 69.9 cm³/mol. The number of rotatable bonds is 4. The molecule has 5 heteroatoms. The highest BCUT2D eigenvalue weighted by Gasteiger charge is 2.37. The average molecular weight is 260 g/mol. The van der Waals surface area contributed by atoms with Crippen LogP contribution >= 0.6 is 0 Å². The van der Waals surface area contributed by atoms with Crippen LogP contribution in [0.4, 0.5) is 0 Å². The molecule has 0 aromatic rings. The molecule has 17 heavy (non-hydrogen) atoms. The van der Waals surface area contributed by atoms with Crippen LogP contribution in [0, 0.1) is 0 Å². The Morgan fingerprint density at radius 3 is 2.41 bits per heavy atom. The van der Waals surface area contributed by atoms with Gasteiger partial charge in [0, 0.05) is 18.1 Å². The molecular formula is C12H24N2O2S. The molecule has 2 rings (SSSR count). The molecule has 0 radical (unpaired) electrons. The zero-order chi connectivity index (χ0) is 12.5. The second-order valence-corrected chi connectivity index (χ2v) is 8.04. The van der Waals surface area contributed by atoms with E-state index in [2.05, 4.69) is 24.3 Å². The minimum atomic E-state index is -2.76. The Bertz CT molecular complexity index is 359. The van der Waals surface area contributed by atoms with E-state index in [0.717, 1.165) is 13.0 Å². The van der Waals surface area contributed by atoms with Gasteiger partial charge in [-0.15, -0.1) is 0 Å². The highest BCUT2D eigenvalue weighted by molar-refractivity contribution is 7.91. The van der Waals surface area contributed by atoms with Gasteiger partial charge in [-0.25, -0.2) is 8.42 Å². The molecule has 1 heterocycles. The van der Waals surface area contributed by atoms with Gasteiger partial charge in [-0.2, -0.15) is 0 Å². The van der Waals surface area contributed by atoms with E-state index < -0.39 is 9.84 Å². The van der Waals surface area contributed by atoms with Crippen LogP contribution in [0.2, 0.25) is 0 Å². The summed E-state index contributed by atoms with van der Waals surface area (Å²) < 4.78 is 22.8. The standard InChI is InChI=1S/C12H24N2O2S/c1-14(2)12(6-3-4-7-12)10-13-11-5-8-17(15,16)9-11/h11,13H,3-10H2,1-2H3. The summed E-state index contributed by atoms with van der Waals surface area (Å²) in [5, 5.41) is 3.48. The zero-order valence-corrected chi connectivity index (χ0v) is 11.7. The zero-order valence-electron chi connectivity index (χ0n) is 10.9. The lowest BCUT2D eigenvalue weighted by Gasteiger charge is -2.37. The van der Waals surface area contributed by atoms with E-state index in [1.54, 1.807) is 0 Å². The lowest BCUT2D eigenvalue weighted by atomic mass is 9.95. The van der Waals surface area contributed by atoms with Crippen molar-refractivity contribution in [1.29, 1.82) is 0 Å². The van der Waals surface area contributed by atoms with E-state index in [1.807, 2.05) is 0 Å². The molecule has 1 unspecified atom stereocenters. The van der Waals surface area contributed by atoms with Crippen molar-refractivity contribution in [2.24, 2.45) is 0 Å². The van der Waals surface area contributed by atoms with Crippen LogP contribution in [-0.4, -0.2) is 57.0 Å². The summed E-state index contributed by atoms with van der Waals surface area (Å²) in [6, 6.07) is 0.178. The number of sulfone groups is 1. The SMILES string of the molecule is CN(C)C1(CNC2CCS(=O)(=O)C2)CCCC1. The van der Waals surface area contributed by atoms with Gasteiger partial charge in [-0.3, -0.25) is 0 Å². The van der Waals surface area contributed by atoms with Gasteiger partial charge in [0.2, 0.25) is 0 Å². The first kappa shape index (κ1) is 13.3. The molecule has 0 aromatic carbocycles. The Hall–Kier alpha value is -0.130. The van der Waals surface area contributed by atoms with Gasteiger partial charge in [-0.05, 0) is 33.4 Å². The Morgan fingerprint density at radius 2 is 1.94 bits per heavy atom. The number of nitrogens with zero attached hydrogens (tertiary/aromatic N) is 1. The van der Waals surface area contributed by atoms with Crippen LogP contribution in [-0.2, 0) is 9.84 Å². The smallest absolute Gasteiger partial charge is 0.151 e. The first-order chi connectivity index (χ1) is 7.94. The summed E-state index contributed by atoms with van der Waals surface area (Å²) in [6.45, 7) is 0.931. The average Bonchev–Trinajstić information content (AvgIpc) is 2.82. The first-order valence-electron chi connectivity index (χ1n) is 6.55. The third kappa shape index (κ3) is 3.01. The molecule has 2 fully saturated rings. The highest BCUT2D eigenvalue weighted by Crippen LogP contribution is 2.33. The van der Waals surface area contributed by atoms with E-state index >= 15 is 0 Å². The molecule has 0 bridgehead atoms. The van der Waals surface area contributed by atoms with E-state index in [9.17, 15) is 8.42 Å². The van der Waals surface area contributed by atoms with Crippen LogP contribution in [0.15, 0.2) is 0 Å². The lowest BCUT2D eigenvalue weighted by molar-refractivity contribution is 0.150. The first-order valence-corrected chi connectivity index (χ1v) is 8.37. The third-order valence-corrected chi connectivity index (χ3v) is 6.20. The summed E-state index contributed by atoms with van der Waals surface area (Å²) in [6.07, 6.45) is 5.83. The van der Waals surface area contributed by atoms with Crippen LogP contribution < -0.4 is 5.32 Å². The Labute approximate surface area is 105 Å². The van der Waals surface area contributed by atoms with Crippen molar-refractivity contribution in [3.63, 3.8) is 0 Å². The van der Waals surface area contributed by atoms with Crippen molar-refractivity contribution in [2.75, 3.05) is 32.1 Å². The predicted octanol–water partition coefficient (Wildman–Crippen LogP) is 0.638. The molecule has 100 valence electrons. The number of nitrogens with one attached hydrogen (secondary N) is 1. The molecule has 1 atom stereocenters. The molecule has 0 amide bonds. The monoisotopic (exact) mass is 260 g/mol. The van der Waals surface area contributed by atoms with Crippen LogP contribution in [0.25, 0.3) is 0 Å². The summed E-state index contributed by atoms with van der Waals surface area (Å²) in [4.78, 5) is 2.32. The van der Waals surface area contributed by atoms with E-state index in [-0.39, 0.29) is 11.6 Å². The largest absolute Gasteiger partial charge is 0.311 e. The molecule has 1 N–H and O–H groups in total. The molecule has 1 aliphatic carbocycles. The van der Waals surface area contributed by atoms with Crippen LogP contribution in [0.1, 0.15) is 32.1 Å². The minimum Gasteiger partial charge on any atom is -0.311 e. The normalized spacial score (nSPS) is 31.1. The Morgan fingerprint density at radius 1 is 1.29 bits per heavy atom. The Kier molecular flexibility index (Phi) is 3.80. The summed E-state index contributed by atoms with van der Waals surface area (Å²) in [7, 11) is 1.52. The van der Waals surface area contributed by atoms with Gasteiger partial charge in [0.05, 0.1) is 11.5 Å². The van der Waals surface area contributed by atoms with E-state index in [4.69, 9.17) is 0 Å². The van der Waals surface area contributed by atoms with Crippen molar-refractivity contribution in [1.82, 2.24) is 10.2 Å². The fourth-order valence-electron chi connectivity index (χ4n) is 3.11. The number of hydrogen-bond donors (Lipinski definition) is 1. The van der Waals surface area contributed by atoms with Gasteiger partial charge in [-0.1, -0.05) is 12.8 Å². The molecule has 4 nitrogen and oxygen atoms in total. The molecule has 0 aromatic heterocycles. The molecule has 2 aliphatic rings. The number of hydrogen-bond acceptors (Lipinski definition) is 4. The van der Waals surface area contributed by atoms with Crippen molar-refractivity contribution in [2.45, 2.75) is 43.7 Å². The fraction of sp³-hybridized carbons (Fsp3) is 1.00. The summed E-state index contributed by atoms with van der Waals surface area (Å²) >= 11 is 0. The highest BCUT2D eigenvalue weighted by atomic mass is 32.2. The van der Waals surface area contributed by atoms with E-state index in [1.165, 1.54) is 25.7 Å². The van der Waals surface area contributed by atoms with Crippen molar-refractivity contribution < 1.29 is 8.42 Å². The summed E-state index contributed by atoms with van der Waals surface area (Å²) in [5.74, 6) is 0.691. The second kappa shape index (κ2) is 4.86. The topological polar surface area (TPSA) is 49.4 Å². The minimum absolute atomic E-state index is 0.178. The lowest BCUT2D eigenvalue weighted by Crippen LogP contribution is -2.51. The van der Waals surface area contributed by atoms with Crippen LogP contribution in [0.5, 0.6) is 0 Å². The maximum Gasteiger partial charge on any atom is 0.151 e. The summed E-state index contributed by atoms with van der Waals surface area (Å²) in [5.41, 5.74) is 0.256. The molecule has 1 saturated carbocycles. The quantitative estimate of drug-likeness (QED) is 0.806.